The van der Waals surface area contributed by atoms with E-state index in [1.165, 1.54) is 11.8 Å². The van der Waals surface area contributed by atoms with Gasteiger partial charge >= 0.3 is 0 Å². The van der Waals surface area contributed by atoms with Gasteiger partial charge in [-0.1, -0.05) is 42.5 Å². The van der Waals surface area contributed by atoms with E-state index in [9.17, 15) is 9.59 Å². The lowest BCUT2D eigenvalue weighted by atomic mass is 10.1. The highest BCUT2D eigenvalue weighted by Gasteiger charge is 2.35. The van der Waals surface area contributed by atoms with Gasteiger partial charge in [-0.2, -0.15) is 0 Å². The largest absolute Gasteiger partial charge is 0.492 e. The molecule has 0 saturated carbocycles. The molecule has 32 heavy (non-hydrogen) atoms. The molecular formula is C25H24N2O3S2. The summed E-state index contributed by atoms with van der Waals surface area (Å²) in [5.74, 6) is 1.40. The summed E-state index contributed by atoms with van der Waals surface area (Å²) in [5.41, 5.74) is 2.45. The third kappa shape index (κ3) is 5.29. The number of anilines is 2. The van der Waals surface area contributed by atoms with Crippen molar-refractivity contribution in [3.63, 3.8) is 0 Å². The van der Waals surface area contributed by atoms with Crippen molar-refractivity contribution in [3.05, 3.63) is 84.4 Å². The number of benzene rings is 3. The second-order valence-corrected chi connectivity index (χ2v) is 9.22. The molecule has 1 fully saturated rings. The van der Waals surface area contributed by atoms with Gasteiger partial charge in [-0.05, 0) is 48.9 Å². The molecule has 1 atom stereocenters. The second-order valence-electron chi connectivity index (χ2n) is 7.10. The number of ether oxygens (including phenoxy) is 1. The predicted molar refractivity (Wildman–Crippen MR) is 133 cm³/mol. The Morgan fingerprint density at radius 3 is 2.69 bits per heavy atom. The number of carbonyl (C=O) groups is 2. The van der Waals surface area contributed by atoms with Crippen LogP contribution in [0.4, 0.5) is 11.4 Å². The number of carbonyl (C=O) groups excluding carboxylic acids is 2. The fraction of sp³-hybridized carbons (Fsp3) is 0.200. The van der Waals surface area contributed by atoms with Crippen molar-refractivity contribution in [2.75, 3.05) is 28.3 Å². The number of nitrogens with one attached hydrogen (secondary N) is 1. The molecule has 4 rings (SSSR count). The maximum absolute atomic E-state index is 12.8. The lowest BCUT2D eigenvalue weighted by Gasteiger charge is -2.26. The van der Waals surface area contributed by atoms with Gasteiger partial charge in [-0.15, -0.1) is 23.5 Å². The van der Waals surface area contributed by atoms with E-state index in [0.717, 1.165) is 21.8 Å². The maximum atomic E-state index is 12.8. The molecule has 1 aliphatic rings. The van der Waals surface area contributed by atoms with Crippen molar-refractivity contribution in [1.82, 2.24) is 0 Å². The van der Waals surface area contributed by atoms with Crippen LogP contribution < -0.4 is 15.0 Å². The lowest BCUT2D eigenvalue weighted by Crippen LogP contribution is -2.28. The fourth-order valence-electron chi connectivity index (χ4n) is 3.50. The zero-order valence-corrected chi connectivity index (χ0v) is 19.3. The van der Waals surface area contributed by atoms with Gasteiger partial charge in [-0.3, -0.25) is 14.5 Å². The van der Waals surface area contributed by atoms with Crippen LogP contribution in [0.5, 0.6) is 5.75 Å². The van der Waals surface area contributed by atoms with Crippen LogP contribution in [0.25, 0.3) is 0 Å². The first-order chi connectivity index (χ1) is 15.7. The zero-order chi connectivity index (χ0) is 22.3. The zero-order valence-electron chi connectivity index (χ0n) is 17.7. The first kappa shape index (κ1) is 22.3. The third-order valence-electron chi connectivity index (χ3n) is 4.86. The molecular weight excluding hydrogens is 440 g/mol. The van der Waals surface area contributed by atoms with Gasteiger partial charge in [0.2, 0.25) is 11.8 Å². The van der Waals surface area contributed by atoms with Crippen LogP contribution in [-0.4, -0.2) is 29.9 Å². The number of rotatable bonds is 8. The van der Waals surface area contributed by atoms with Gasteiger partial charge in [0.1, 0.15) is 11.1 Å². The second kappa shape index (κ2) is 10.6. The molecule has 1 N–H and O–H groups in total. The van der Waals surface area contributed by atoms with Crippen molar-refractivity contribution in [3.8, 4) is 5.75 Å². The predicted octanol–water partition coefficient (Wildman–Crippen LogP) is 5.59. The quantitative estimate of drug-likeness (QED) is 0.440. The minimum absolute atomic E-state index is 0.0425. The fourth-order valence-corrected chi connectivity index (χ4v) is 5.38. The van der Waals surface area contributed by atoms with E-state index in [4.69, 9.17) is 4.74 Å². The standard InChI is InChI=1S/C25H24N2O3S2/c1-2-30-22-14-7-6-13-21(22)27-24(29)17-32-25(27)18-9-8-10-19(15-18)26-23(28)16-31-20-11-4-3-5-12-20/h3-15,25H,2,16-17H2,1H3,(H,26,28). The van der Waals surface area contributed by atoms with Crippen molar-refractivity contribution < 1.29 is 14.3 Å². The summed E-state index contributed by atoms with van der Waals surface area (Å²) >= 11 is 3.07. The Bertz CT molecular complexity index is 1090. The molecule has 0 radical (unpaired) electrons. The summed E-state index contributed by atoms with van der Waals surface area (Å²) in [4.78, 5) is 28.1. The van der Waals surface area contributed by atoms with E-state index in [0.29, 0.717) is 23.9 Å². The Kier molecular flexibility index (Phi) is 7.39. The molecule has 1 unspecified atom stereocenters. The molecule has 0 aromatic heterocycles. The summed E-state index contributed by atoms with van der Waals surface area (Å²) in [6, 6.07) is 25.2. The molecule has 7 heteroatoms. The highest BCUT2D eigenvalue weighted by molar-refractivity contribution is 8.00. The molecule has 2 amide bonds. The van der Waals surface area contributed by atoms with Crippen LogP contribution in [0.15, 0.2) is 83.8 Å². The average molecular weight is 465 g/mol. The van der Waals surface area contributed by atoms with Crippen LogP contribution >= 0.6 is 23.5 Å². The summed E-state index contributed by atoms with van der Waals surface area (Å²) < 4.78 is 5.76. The molecule has 3 aromatic rings. The number of hydrogen-bond acceptors (Lipinski definition) is 5. The highest BCUT2D eigenvalue weighted by atomic mass is 32.2. The monoisotopic (exact) mass is 464 g/mol. The van der Waals surface area contributed by atoms with Crippen molar-refractivity contribution in [2.45, 2.75) is 17.2 Å². The van der Waals surface area contributed by atoms with E-state index in [-0.39, 0.29) is 17.2 Å². The van der Waals surface area contributed by atoms with Crippen LogP contribution in [-0.2, 0) is 9.59 Å². The van der Waals surface area contributed by atoms with Gasteiger partial charge in [0.25, 0.3) is 0 Å². The molecule has 1 saturated heterocycles. The minimum Gasteiger partial charge on any atom is -0.492 e. The van der Waals surface area contributed by atoms with Gasteiger partial charge in [-0.25, -0.2) is 0 Å². The number of thioether (sulfide) groups is 2. The van der Waals surface area contributed by atoms with E-state index in [1.807, 2.05) is 85.8 Å². The smallest absolute Gasteiger partial charge is 0.238 e. The average Bonchev–Trinajstić information content (AvgIpc) is 3.20. The molecule has 0 spiro atoms. The lowest BCUT2D eigenvalue weighted by molar-refractivity contribution is -0.116. The van der Waals surface area contributed by atoms with Crippen LogP contribution in [0.3, 0.4) is 0 Å². The number of para-hydroxylation sites is 2. The first-order valence-electron chi connectivity index (χ1n) is 10.4. The van der Waals surface area contributed by atoms with Gasteiger partial charge in [0.05, 0.1) is 23.8 Å². The molecule has 0 bridgehead atoms. The molecule has 164 valence electrons. The van der Waals surface area contributed by atoms with Crippen molar-refractivity contribution >= 4 is 46.7 Å². The molecule has 3 aromatic carbocycles. The highest BCUT2D eigenvalue weighted by Crippen LogP contribution is 2.45. The Balaban J connectivity index is 1.49. The van der Waals surface area contributed by atoms with Gasteiger partial charge in [0, 0.05) is 10.6 Å². The number of hydrogen-bond donors (Lipinski definition) is 1. The van der Waals surface area contributed by atoms with Gasteiger partial charge < -0.3 is 10.1 Å². The minimum atomic E-state index is -0.181. The topological polar surface area (TPSA) is 58.6 Å². The van der Waals surface area contributed by atoms with E-state index >= 15 is 0 Å². The first-order valence-corrected chi connectivity index (χ1v) is 12.4. The van der Waals surface area contributed by atoms with Crippen molar-refractivity contribution in [2.24, 2.45) is 0 Å². The molecule has 5 nitrogen and oxygen atoms in total. The van der Waals surface area contributed by atoms with Crippen LogP contribution in [0.2, 0.25) is 0 Å². The van der Waals surface area contributed by atoms with E-state index < -0.39 is 0 Å². The number of amides is 2. The Labute approximate surface area is 196 Å². The van der Waals surface area contributed by atoms with Crippen LogP contribution in [0.1, 0.15) is 17.9 Å². The Morgan fingerprint density at radius 2 is 1.88 bits per heavy atom. The maximum Gasteiger partial charge on any atom is 0.238 e. The molecule has 0 aliphatic carbocycles. The molecule has 1 aliphatic heterocycles. The Hall–Kier alpha value is -2.90. The summed E-state index contributed by atoms with van der Waals surface area (Å²) in [7, 11) is 0. The van der Waals surface area contributed by atoms with Gasteiger partial charge in [0.15, 0.2) is 0 Å². The summed E-state index contributed by atoms with van der Waals surface area (Å²) in [5, 5.41) is 2.80. The van der Waals surface area contributed by atoms with E-state index in [2.05, 4.69) is 5.32 Å². The third-order valence-corrected chi connectivity index (χ3v) is 7.09. The SMILES string of the molecule is CCOc1ccccc1N1C(=O)CSC1c1cccc(NC(=O)CSc2ccccc2)c1. The molecule has 1 heterocycles. The normalized spacial score (nSPS) is 15.6. The van der Waals surface area contributed by atoms with Crippen molar-refractivity contribution in [1.29, 1.82) is 0 Å². The number of nitrogens with zero attached hydrogens (tertiary/aromatic N) is 1. The Morgan fingerprint density at radius 1 is 1.09 bits per heavy atom. The summed E-state index contributed by atoms with van der Waals surface area (Å²) in [6.45, 7) is 2.45. The van der Waals surface area contributed by atoms with Crippen LogP contribution in [0, 0.1) is 0 Å². The van der Waals surface area contributed by atoms with E-state index in [1.54, 1.807) is 16.7 Å². The summed E-state index contributed by atoms with van der Waals surface area (Å²) in [6.07, 6.45) is 0.